The standard InChI is InChI=1S/C14H25N3/c1-4-8-16-14(7-11-17(2)3)12-13-5-9-15-10-6-13/h5-6,9-10,14,16H,4,7-8,11-12H2,1-3H3. The van der Waals surface area contributed by atoms with Gasteiger partial charge in [-0.15, -0.1) is 0 Å². The summed E-state index contributed by atoms with van der Waals surface area (Å²) >= 11 is 0. The van der Waals surface area contributed by atoms with Crippen LogP contribution in [0.25, 0.3) is 0 Å². The molecule has 1 N–H and O–H groups in total. The predicted octanol–water partition coefficient (Wildman–Crippen LogP) is 1.94. The molecule has 96 valence electrons. The van der Waals surface area contributed by atoms with Gasteiger partial charge in [0.1, 0.15) is 0 Å². The Morgan fingerprint density at radius 1 is 1.29 bits per heavy atom. The summed E-state index contributed by atoms with van der Waals surface area (Å²) in [5.74, 6) is 0. The molecule has 1 atom stereocenters. The molecule has 3 nitrogen and oxygen atoms in total. The van der Waals surface area contributed by atoms with Gasteiger partial charge in [-0.25, -0.2) is 0 Å². The second-order valence-corrected chi connectivity index (χ2v) is 4.80. The lowest BCUT2D eigenvalue weighted by Crippen LogP contribution is -2.34. The molecule has 0 aliphatic carbocycles. The van der Waals surface area contributed by atoms with Crippen molar-refractivity contribution in [2.24, 2.45) is 0 Å². The van der Waals surface area contributed by atoms with Crippen LogP contribution in [0.1, 0.15) is 25.3 Å². The predicted molar refractivity (Wildman–Crippen MR) is 73.2 cm³/mol. The summed E-state index contributed by atoms with van der Waals surface area (Å²) in [6, 6.07) is 4.78. The highest BCUT2D eigenvalue weighted by molar-refractivity contribution is 5.11. The van der Waals surface area contributed by atoms with Gasteiger partial charge in [-0.3, -0.25) is 4.98 Å². The number of hydrogen-bond acceptors (Lipinski definition) is 3. The van der Waals surface area contributed by atoms with Crippen LogP contribution in [0, 0.1) is 0 Å². The third-order valence-corrected chi connectivity index (χ3v) is 2.84. The highest BCUT2D eigenvalue weighted by Gasteiger charge is 2.08. The van der Waals surface area contributed by atoms with Gasteiger partial charge in [-0.2, -0.15) is 0 Å². The molecule has 0 saturated heterocycles. The SMILES string of the molecule is CCCNC(CCN(C)C)Cc1ccncc1. The Morgan fingerprint density at radius 2 is 2.00 bits per heavy atom. The zero-order valence-electron chi connectivity index (χ0n) is 11.3. The average Bonchev–Trinajstić information content (AvgIpc) is 2.34. The van der Waals surface area contributed by atoms with E-state index in [0.717, 1.165) is 19.5 Å². The topological polar surface area (TPSA) is 28.2 Å². The van der Waals surface area contributed by atoms with E-state index in [4.69, 9.17) is 0 Å². The van der Waals surface area contributed by atoms with Crippen molar-refractivity contribution in [1.82, 2.24) is 15.2 Å². The molecule has 0 amide bonds. The van der Waals surface area contributed by atoms with Crippen molar-refractivity contribution >= 4 is 0 Å². The van der Waals surface area contributed by atoms with E-state index in [0.29, 0.717) is 6.04 Å². The largest absolute Gasteiger partial charge is 0.314 e. The van der Waals surface area contributed by atoms with Crippen molar-refractivity contribution in [3.63, 3.8) is 0 Å². The van der Waals surface area contributed by atoms with Crippen molar-refractivity contribution in [1.29, 1.82) is 0 Å². The van der Waals surface area contributed by atoms with Gasteiger partial charge in [0.2, 0.25) is 0 Å². The van der Waals surface area contributed by atoms with Crippen LogP contribution < -0.4 is 5.32 Å². The molecule has 1 aromatic heterocycles. The lowest BCUT2D eigenvalue weighted by Gasteiger charge is -2.20. The van der Waals surface area contributed by atoms with Gasteiger partial charge in [0, 0.05) is 18.4 Å². The average molecular weight is 235 g/mol. The molecule has 3 heteroatoms. The first-order chi connectivity index (χ1) is 8.22. The Morgan fingerprint density at radius 3 is 2.59 bits per heavy atom. The number of pyridine rings is 1. The summed E-state index contributed by atoms with van der Waals surface area (Å²) in [6.07, 6.45) is 7.22. The van der Waals surface area contributed by atoms with E-state index < -0.39 is 0 Å². The zero-order chi connectivity index (χ0) is 12.5. The van der Waals surface area contributed by atoms with Crippen LogP contribution in [0.3, 0.4) is 0 Å². The van der Waals surface area contributed by atoms with Gasteiger partial charge in [0.05, 0.1) is 0 Å². The molecule has 0 saturated carbocycles. The van der Waals surface area contributed by atoms with Crippen molar-refractivity contribution in [2.45, 2.75) is 32.2 Å². The molecule has 0 radical (unpaired) electrons. The summed E-state index contributed by atoms with van der Waals surface area (Å²) in [5.41, 5.74) is 1.37. The molecular formula is C14H25N3. The first kappa shape index (κ1) is 14.1. The van der Waals surface area contributed by atoms with Gasteiger partial charge in [-0.05, 0) is 64.1 Å². The molecule has 1 aromatic rings. The Balaban J connectivity index is 2.44. The molecule has 0 aliphatic heterocycles. The molecular weight excluding hydrogens is 210 g/mol. The van der Waals surface area contributed by atoms with Gasteiger partial charge in [0.15, 0.2) is 0 Å². The Bertz CT molecular complexity index is 285. The number of hydrogen-bond donors (Lipinski definition) is 1. The minimum atomic E-state index is 0.569. The summed E-state index contributed by atoms with van der Waals surface area (Å²) in [4.78, 5) is 6.30. The van der Waals surface area contributed by atoms with Crippen LogP contribution in [0.4, 0.5) is 0 Å². The van der Waals surface area contributed by atoms with E-state index in [9.17, 15) is 0 Å². The third-order valence-electron chi connectivity index (χ3n) is 2.84. The molecule has 17 heavy (non-hydrogen) atoms. The summed E-state index contributed by atoms with van der Waals surface area (Å²) in [7, 11) is 4.26. The quantitative estimate of drug-likeness (QED) is 0.746. The van der Waals surface area contributed by atoms with E-state index >= 15 is 0 Å². The van der Waals surface area contributed by atoms with Gasteiger partial charge >= 0.3 is 0 Å². The molecule has 0 spiro atoms. The highest BCUT2D eigenvalue weighted by atomic mass is 15.1. The normalized spacial score (nSPS) is 12.9. The van der Waals surface area contributed by atoms with Crippen LogP contribution in [-0.2, 0) is 6.42 Å². The molecule has 0 bridgehead atoms. The maximum absolute atomic E-state index is 4.06. The second kappa shape index (κ2) is 8.20. The first-order valence-corrected chi connectivity index (χ1v) is 6.49. The minimum Gasteiger partial charge on any atom is -0.314 e. The van der Waals surface area contributed by atoms with Crippen LogP contribution in [-0.4, -0.2) is 43.1 Å². The van der Waals surface area contributed by atoms with Gasteiger partial charge in [-0.1, -0.05) is 6.92 Å². The van der Waals surface area contributed by atoms with Gasteiger partial charge in [0.25, 0.3) is 0 Å². The number of aromatic nitrogens is 1. The molecule has 1 unspecified atom stereocenters. The number of rotatable bonds is 8. The Labute approximate surface area is 105 Å². The van der Waals surface area contributed by atoms with E-state index in [2.05, 4.69) is 48.4 Å². The molecule has 0 aliphatic rings. The smallest absolute Gasteiger partial charge is 0.0270 e. The second-order valence-electron chi connectivity index (χ2n) is 4.80. The van der Waals surface area contributed by atoms with Crippen LogP contribution in [0.2, 0.25) is 0 Å². The van der Waals surface area contributed by atoms with E-state index in [1.807, 2.05) is 12.4 Å². The van der Waals surface area contributed by atoms with Crippen molar-refractivity contribution in [3.8, 4) is 0 Å². The first-order valence-electron chi connectivity index (χ1n) is 6.49. The number of nitrogens with one attached hydrogen (secondary N) is 1. The summed E-state index contributed by atoms with van der Waals surface area (Å²) < 4.78 is 0. The minimum absolute atomic E-state index is 0.569. The Hall–Kier alpha value is -0.930. The fourth-order valence-electron chi connectivity index (χ4n) is 1.84. The third kappa shape index (κ3) is 6.39. The lowest BCUT2D eigenvalue weighted by atomic mass is 10.0. The van der Waals surface area contributed by atoms with Crippen LogP contribution in [0.5, 0.6) is 0 Å². The highest BCUT2D eigenvalue weighted by Crippen LogP contribution is 2.05. The molecule has 0 fully saturated rings. The van der Waals surface area contributed by atoms with Crippen molar-refractivity contribution < 1.29 is 0 Å². The van der Waals surface area contributed by atoms with E-state index in [1.54, 1.807) is 0 Å². The fraction of sp³-hybridized carbons (Fsp3) is 0.643. The van der Waals surface area contributed by atoms with E-state index in [1.165, 1.54) is 18.4 Å². The monoisotopic (exact) mass is 235 g/mol. The summed E-state index contributed by atoms with van der Waals surface area (Å²) in [5, 5.41) is 3.63. The molecule has 1 rings (SSSR count). The van der Waals surface area contributed by atoms with Gasteiger partial charge < -0.3 is 10.2 Å². The van der Waals surface area contributed by atoms with Crippen molar-refractivity contribution in [3.05, 3.63) is 30.1 Å². The maximum atomic E-state index is 4.06. The van der Waals surface area contributed by atoms with Crippen LogP contribution >= 0.6 is 0 Å². The molecule has 0 aromatic carbocycles. The number of nitrogens with zero attached hydrogens (tertiary/aromatic N) is 2. The fourth-order valence-corrected chi connectivity index (χ4v) is 1.84. The van der Waals surface area contributed by atoms with Crippen molar-refractivity contribution in [2.75, 3.05) is 27.2 Å². The van der Waals surface area contributed by atoms with Crippen LogP contribution in [0.15, 0.2) is 24.5 Å². The van der Waals surface area contributed by atoms with E-state index in [-0.39, 0.29) is 0 Å². The summed E-state index contributed by atoms with van der Waals surface area (Å²) in [6.45, 7) is 4.44. The maximum Gasteiger partial charge on any atom is 0.0270 e. The molecule has 1 heterocycles. The Kier molecular flexibility index (Phi) is 6.82. The lowest BCUT2D eigenvalue weighted by molar-refractivity contribution is 0.356. The zero-order valence-corrected chi connectivity index (χ0v) is 11.3.